The predicted octanol–water partition coefficient (Wildman–Crippen LogP) is 13.5. The molecule has 3 heterocycles. The molecule has 11 heteroatoms. The standard InChI is InChI=1S/C53H75N3O8/c1-3-5-7-9-11-13-15-17-19-21-23-25-30-34-44(57)63-50-46-47(53(60)56(52(46)59)42(43-39-61-40-62-43)38-41-32-28-27-29-33-41)51(49-48(50)54-36-37-55-49)64-45(58)35-31-26-24-22-20-18-16-14-12-10-8-6-4-2/h27-29,32-33,36-37,39,42H,3-26,30-31,34-35,38,40H2,1-2H3. The molecule has 1 unspecified atom stereocenters. The van der Waals surface area contributed by atoms with Crippen LogP contribution < -0.4 is 9.47 Å². The maximum absolute atomic E-state index is 14.8. The lowest BCUT2D eigenvalue weighted by molar-refractivity contribution is -0.135. The molecule has 2 amide bonds. The Morgan fingerprint density at radius 2 is 0.969 bits per heavy atom. The third-order valence-electron chi connectivity index (χ3n) is 12.5. The van der Waals surface area contributed by atoms with Crippen molar-refractivity contribution in [3.8, 4) is 11.5 Å². The number of carbonyl (C=O) groups is 4. The lowest BCUT2D eigenvalue weighted by Gasteiger charge is -2.26. The van der Waals surface area contributed by atoms with Crippen LogP contribution in [0.1, 0.15) is 220 Å². The molecule has 1 aromatic heterocycles. The van der Waals surface area contributed by atoms with E-state index in [4.69, 9.17) is 18.9 Å². The maximum Gasteiger partial charge on any atom is 0.311 e. The van der Waals surface area contributed by atoms with Crippen LogP contribution in [0.25, 0.3) is 11.0 Å². The van der Waals surface area contributed by atoms with E-state index in [0.29, 0.717) is 18.6 Å². The highest BCUT2D eigenvalue weighted by molar-refractivity contribution is 6.27. The van der Waals surface area contributed by atoms with Crippen LogP contribution in [0.2, 0.25) is 0 Å². The molecule has 64 heavy (non-hydrogen) atoms. The molecular weight excluding hydrogens is 807 g/mol. The number of hydrogen-bond acceptors (Lipinski definition) is 10. The molecule has 0 saturated heterocycles. The monoisotopic (exact) mass is 882 g/mol. The zero-order chi connectivity index (χ0) is 45.2. The Bertz CT molecular complexity index is 1830. The molecule has 0 fully saturated rings. The van der Waals surface area contributed by atoms with Crippen LogP contribution >= 0.6 is 0 Å². The molecule has 2 aromatic carbocycles. The van der Waals surface area contributed by atoms with Gasteiger partial charge in [-0.2, -0.15) is 0 Å². The fourth-order valence-electron chi connectivity index (χ4n) is 8.84. The summed E-state index contributed by atoms with van der Waals surface area (Å²) < 4.78 is 23.2. The number of aromatic nitrogens is 2. The summed E-state index contributed by atoms with van der Waals surface area (Å²) in [4.78, 5) is 66.8. The number of imide groups is 1. The molecule has 5 rings (SSSR count). The Morgan fingerprint density at radius 1 is 0.578 bits per heavy atom. The molecule has 0 spiro atoms. The normalized spacial score (nSPS) is 13.8. The van der Waals surface area contributed by atoms with E-state index in [1.165, 1.54) is 134 Å². The number of unbranched alkanes of at least 4 members (excludes halogenated alkanes) is 24. The molecule has 2 aliphatic heterocycles. The molecule has 0 bridgehead atoms. The van der Waals surface area contributed by atoms with Crippen LogP contribution in [0.15, 0.2) is 54.7 Å². The quantitative estimate of drug-likeness (QED) is 0.0247. The molecule has 1 atom stereocenters. The fourth-order valence-corrected chi connectivity index (χ4v) is 8.84. The van der Waals surface area contributed by atoms with Crippen molar-refractivity contribution < 1.29 is 38.1 Å². The van der Waals surface area contributed by atoms with E-state index >= 15 is 0 Å². The van der Waals surface area contributed by atoms with Crippen LogP contribution in [-0.2, 0) is 25.5 Å². The number of carbonyl (C=O) groups excluding carboxylic acids is 4. The van der Waals surface area contributed by atoms with Crippen LogP contribution in [-0.4, -0.2) is 51.5 Å². The van der Waals surface area contributed by atoms with E-state index in [1.54, 1.807) is 0 Å². The second-order valence-corrected chi connectivity index (χ2v) is 17.7. The van der Waals surface area contributed by atoms with Crippen LogP contribution in [0, 0.1) is 0 Å². The summed E-state index contributed by atoms with van der Waals surface area (Å²) >= 11 is 0. The number of esters is 2. The maximum atomic E-state index is 14.8. The smallest absolute Gasteiger partial charge is 0.311 e. The second-order valence-electron chi connectivity index (χ2n) is 17.7. The average molecular weight is 882 g/mol. The molecular formula is C53H75N3O8. The van der Waals surface area contributed by atoms with Gasteiger partial charge < -0.3 is 18.9 Å². The van der Waals surface area contributed by atoms with Crippen molar-refractivity contribution in [3.05, 3.63) is 71.4 Å². The van der Waals surface area contributed by atoms with E-state index in [0.717, 1.165) is 49.0 Å². The summed E-state index contributed by atoms with van der Waals surface area (Å²) in [5, 5.41) is 0. The Labute approximate surface area is 382 Å². The van der Waals surface area contributed by atoms with Crippen molar-refractivity contribution >= 4 is 34.8 Å². The number of rotatable bonds is 34. The van der Waals surface area contributed by atoms with Crippen molar-refractivity contribution in [2.24, 2.45) is 0 Å². The third kappa shape index (κ3) is 15.7. The highest BCUT2D eigenvalue weighted by Crippen LogP contribution is 2.45. The van der Waals surface area contributed by atoms with Crippen molar-refractivity contribution in [1.29, 1.82) is 0 Å². The number of hydrogen-bond donors (Lipinski definition) is 0. The Kier molecular flexibility index (Phi) is 22.7. The Morgan fingerprint density at radius 3 is 1.34 bits per heavy atom. The second kappa shape index (κ2) is 28.9. The van der Waals surface area contributed by atoms with Crippen LogP contribution in [0.3, 0.4) is 0 Å². The van der Waals surface area contributed by atoms with E-state index in [1.807, 2.05) is 30.3 Å². The topological polar surface area (TPSA) is 134 Å². The van der Waals surface area contributed by atoms with Crippen molar-refractivity contribution in [2.75, 3.05) is 6.79 Å². The predicted molar refractivity (Wildman–Crippen MR) is 251 cm³/mol. The summed E-state index contributed by atoms with van der Waals surface area (Å²) in [6, 6.07) is 8.53. The van der Waals surface area contributed by atoms with Gasteiger partial charge in [0.25, 0.3) is 11.8 Å². The Balaban J connectivity index is 1.25. The summed E-state index contributed by atoms with van der Waals surface area (Å²) in [5.41, 5.74) is 0.607. The average Bonchev–Trinajstić information content (AvgIpc) is 3.93. The van der Waals surface area contributed by atoms with E-state index < -0.39 is 29.8 Å². The van der Waals surface area contributed by atoms with E-state index in [9.17, 15) is 19.2 Å². The van der Waals surface area contributed by atoms with Crippen molar-refractivity contribution in [2.45, 2.75) is 206 Å². The van der Waals surface area contributed by atoms with E-state index in [-0.39, 0.29) is 59.7 Å². The molecule has 0 saturated carbocycles. The van der Waals surface area contributed by atoms with Crippen molar-refractivity contribution in [1.82, 2.24) is 14.9 Å². The number of nitrogens with zero attached hydrogens (tertiary/aromatic N) is 3. The van der Waals surface area contributed by atoms with Gasteiger partial charge >= 0.3 is 11.9 Å². The third-order valence-corrected chi connectivity index (χ3v) is 12.5. The largest absolute Gasteiger partial charge is 0.462 e. The minimum atomic E-state index is -0.912. The first-order chi connectivity index (χ1) is 31.4. The minimum absolute atomic E-state index is 0.0611. The zero-order valence-corrected chi connectivity index (χ0v) is 39.0. The number of fused-ring (bicyclic) bond motifs is 2. The molecule has 3 aromatic rings. The number of ether oxygens (including phenoxy) is 4. The highest BCUT2D eigenvalue weighted by Gasteiger charge is 2.48. The molecule has 350 valence electrons. The summed E-state index contributed by atoms with van der Waals surface area (Å²) in [5.74, 6) is -2.55. The lowest BCUT2D eigenvalue weighted by Crippen LogP contribution is -2.42. The van der Waals surface area contributed by atoms with Gasteiger partial charge in [-0.05, 0) is 18.4 Å². The molecule has 0 aliphatic carbocycles. The summed E-state index contributed by atoms with van der Waals surface area (Å²) in [6.07, 6.45) is 35.3. The van der Waals surface area contributed by atoms with Gasteiger partial charge in [-0.1, -0.05) is 198 Å². The van der Waals surface area contributed by atoms with Gasteiger partial charge in [0, 0.05) is 31.7 Å². The van der Waals surface area contributed by atoms with Crippen LogP contribution in [0.5, 0.6) is 11.5 Å². The number of amides is 2. The molecule has 2 aliphatic rings. The van der Waals surface area contributed by atoms with Gasteiger partial charge in [0.15, 0.2) is 17.3 Å². The van der Waals surface area contributed by atoms with Gasteiger partial charge in [-0.15, -0.1) is 0 Å². The molecule has 11 nitrogen and oxygen atoms in total. The minimum Gasteiger partial charge on any atom is -0.462 e. The van der Waals surface area contributed by atoms with Crippen LogP contribution in [0.4, 0.5) is 0 Å². The van der Waals surface area contributed by atoms with Gasteiger partial charge in [-0.3, -0.25) is 24.1 Å². The molecule has 0 radical (unpaired) electrons. The number of benzene rings is 2. The fraction of sp³-hybridized carbons (Fsp3) is 0.623. The first-order valence-electron chi connectivity index (χ1n) is 25.0. The Hall–Kier alpha value is -4.80. The van der Waals surface area contributed by atoms with Gasteiger partial charge in [0.05, 0.1) is 0 Å². The van der Waals surface area contributed by atoms with Gasteiger partial charge in [-0.25, -0.2) is 9.97 Å². The highest BCUT2D eigenvalue weighted by atomic mass is 16.7. The first-order valence-corrected chi connectivity index (χ1v) is 25.0. The summed E-state index contributed by atoms with van der Waals surface area (Å²) in [6.45, 7) is 4.43. The molecule has 0 N–H and O–H groups in total. The van der Waals surface area contributed by atoms with Gasteiger partial charge in [0.1, 0.15) is 34.5 Å². The summed E-state index contributed by atoms with van der Waals surface area (Å²) in [7, 11) is 0. The lowest BCUT2D eigenvalue weighted by atomic mass is 10.0. The zero-order valence-electron chi connectivity index (χ0n) is 39.0. The first kappa shape index (κ1) is 50.2. The van der Waals surface area contributed by atoms with Crippen molar-refractivity contribution in [3.63, 3.8) is 0 Å². The SMILES string of the molecule is CCCCCCCCCCCCCCCC(=O)Oc1c2c(c(OC(=O)CCCCCCCCCCCCCCC)c3nccnc13)C(=O)N(C(Cc1ccccc1)C1=COCO1)C2=O. The van der Waals surface area contributed by atoms with Gasteiger partial charge in [0.2, 0.25) is 6.79 Å². The van der Waals surface area contributed by atoms with E-state index in [2.05, 4.69) is 23.8 Å².